The summed E-state index contributed by atoms with van der Waals surface area (Å²) >= 11 is 0. The molecular formula is C12H12N3O+. The molecule has 80 valence electrons. The van der Waals surface area contributed by atoms with Gasteiger partial charge in [0.15, 0.2) is 0 Å². The predicted octanol–water partition coefficient (Wildman–Crippen LogP) is 1.76. The molecule has 0 spiro atoms. The van der Waals surface area contributed by atoms with Crippen molar-refractivity contribution in [2.24, 2.45) is 0 Å². The SMILES string of the molecule is N#Cc1cn(C2CCC2)c2c1ccc[n+]2O. The number of pyridine rings is 1. The molecule has 0 bridgehead atoms. The van der Waals surface area contributed by atoms with E-state index in [4.69, 9.17) is 5.26 Å². The van der Waals surface area contributed by atoms with Crippen LogP contribution in [0.3, 0.4) is 0 Å². The average molecular weight is 214 g/mol. The number of rotatable bonds is 1. The minimum absolute atomic E-state index is 0.436. The molecule has 0 unspecified atom stereocenters. The summed E-state index contributed by atoms with van der Waals surface area (Å²) in [4.78, 5) is 0. The Morgan fingerprint density at radius 3 is 2.94 bits per heavy atom. The van der Waals surface area contributed by atoms with Crippen LogP contribution in [0.4, 0.5) is 0 Å². The molecule has 0 saturated heterocycles. The molecule has 0 aliphatic heterocycles. The summed E-state index contributed by atoms with van der Waals surface area (Å²) in [7, 11) is 0. The number of fused-ring (bicyclic) bond motifs is 1. The topological polar surface area (TPSA) is 52.8 Å². The first-order chi connectivity index (χ1) is 7.81. The van der Waals surface area contributed by atoms with Gasteiger partial charge in [0.05, 0.1) is 5.39 Å². The Morgan fingerprint density at radius 1 is 1.50 bits per heavy atom. The maximum Gasteiger partial charge on any atom is 0.329 e. The van der Waals surface area contributed by atoms with E-state index >= 15 is 0 Å². The first-order valence-corrected chi connectivity index (χ1v) is 5.46. The molecule has 16 heavy (non-hydrogen) atoms. The Labute approximate surface area is 92.9 Å². The van der Waals surface area contributed by atoms with Crippen molar-refractivity contribution in [2.75, 3.05) is 0 Å². The highest BCUT2D eigenvalue weighted by Crippen LogP contribution is 2.34. The van der Waals surface area contributed by atoms with Gasteiger partial charge in [-0.25, -0.2) is 4.57 Å². The Morgan fingerprint density at radius 2 is 2.31 bits per heavy atom. The second kappa shape index (κ2) is 3.24. The zero-order valence-electron chi connectivity index (χ0n) is 8.80. The predicted molar refractivity (Wildman–Crippen MR) is 56.9 cm³/mol. The van der Waals surface area contributed by atoms with Crippen LogP contribution in [0.25, 0.3) is 11.0 Å². The number of aromatic nitrogens is 2. The molecule has 1 aliphatic carbocycles. The van der Waals surface area contributed by atoms with Gasteiger partial charge in [-0.1, -0.05) is 4.73 Å². The Balaban J connectivity index is 2.32. The minimum atomic E-state index is 0.436. The zero-order chi connectivity index (χ0) is 11.1. The van der Waals surface area contributed by atoms with Crippen molar-refractivity contribution in [1.29, 1.82) is 5.26 Å². The molecule has 0 amide bonds. The fourth-order valence-corrected chi connectivity index (χ4v) is 2.26. The van der Waals surface area contributed by atoms with Gasteiger partial charge in [-0.2, -0.15) is 5.26 Å². The Kier molecular flexibility index (Phi) is 1.87. The lowest BCUT2D eigenvalue weighted by Crippen LogP contribution is -2.33. The molecule has 0 aromatic carbocycles. The van der Waals surface area contributed by atoms with Gasteiger partial charge in [-0.15, -0.1) is 0 Å². The summed E-state index contributed by atoms with van der Waals surface area (Å²) in [5, 5.41) is 19.7. The highest BCUT2D eigenvalue weighted by atomic mass is 16.5. The maximum atomic E-state index is 9.82. The fourth-order valence-electron chi connectivity index (χ4n) is 2.26. The van der Waals surface area contributed by atoms with Crippen LogP contribution < -0.4 is 4.73 Å². The first-order valence-electron chi connectivity index (χ1n) is 5.46. The number of nitrogens with zero attached hydrogens (tertiary/aromatic N) is 3. The van der Waals surface area contributed by atoms with Crippen LogP contribution in [-0.4, -0.2) is 9.77 Å². The van der Waals surface area contributed by atoms with Gasteiger partial charge in [0.1, 0.15) is 30.1 Å². The normalized spacial score (nSPS) is 15.9. The number of nitriles is 1. The summed E-state index contributed by atoms with van der Waals surface area (Å²) in [5.74, 6) is 0. The van der Waals surface area contributed by atoms with E-state index in [1.807, 2.05) is 16.8 Å². The van der Waals surface area contributed by atoms with Gasteiger partial charge in [0, 0.05) is 0 Å². The summed E-state index contributed by atoms with van der Waals surface area (Å²) in [6.45, 7) is 0. The van der Waals surface area contributed by atoms with E-state index in [2.05, 4.69) is 6.07 Å². The molecule has 0 atom stereocenters. The van der Waals surface area contributed by atoms with Gasteiger partial charge in [0.25, 0.3) is 0 Å². The van der Waals surface area contributed by atoms with Gasteiger partial charge < -0.3 is 5.21 Å². The van der Waals surface area contributed by atoms with Crippen molar-refractivity contribution >= 4 is 11.0 Å². The summed E-state index contributed by atoms with van der Waals surface area (Å²) in [6, 6.07) is 6.23. The van der Waals surface area contributed by atoms with Gasteiger partial charge >= 0.3 is 5.65 Å². The number of hydrogen-bond donors (Lipinski definition) is 1. The summed E-state index contributed by atoms with van der Waals surface area (Å²) in [5.41, 5.74) is 1.36. The molecule has 0 radical (unpaired) electrons. The molecule has 3 rings (SSSR count). The van der Waals surface area contributed by atoms with Crippen molar-refractivity contribution in [3.63, 3.8) is 0 Å². The first kappa shape index (κ1) is 9.22. The zero-order valence-corrected chi connectivity index (χ0v) is 8.80. The molecule has 1 saturated carbocycles. The van der Waals surface area contributed by atoms with Crippen molar-refractivity contribution in [2.45, 2.75) is 25.3 Å². The number of hydrogen-bond acceptors (Lipinski definition) is 2. The van der Waals surface area contributed by atoms with Crippen molar-refractivity contribution in [3.05, 3.63) is 30.1 Å². The smallest absolute Gasteiger partial charge is 0.329 e. The second-order valence-corrected chi connectivity index (χ2v) is 4.24. The van der Waals surface area contributed by atoms with Crippen molar-refractivity contribution in [1.82, 2.24) is 4.57 Å². The van der Waals surface area contributed by atoms with E-state index in [0.717, 1.165) is 28.6 Å². The van der Waals surface area contributed by atoms with E-state index in [0.29, 0.717) is 11.6 Å². The average Bonchev–Trinajstić information content (AvgIpc) is 2.56. The molecule has 4 heteroatoms. The van der Waals surface area contributed by atoms with Crippen LogP contribution in [0.2, 0.25) is 0 Å². The largest absolute Gasteiger partial charge is 0.350 e. The van der Waals surface area contributed by atoms with Crippen LogP contribution in [0.15, 0.2) is 24.5 Å². The maximum absolute atomic E-state index is 9.82. The molecule has 1 aliphatic rings. The minimum Gasteiger partial charge on any atom is -0.350 e. The van der Waals surface area contributed by atoms with Gasteiger partial charge in [0.2, 0.25) is 0 Å². The van der Waals surface area contributed by atoms with E-state index in [1.165, 1.54) is 6.42 Å². The van der Waals surface area contributed by atoms with Crippen molar-refractivity contribution in [3.8, 4) is 6.07 Å². The molecule has 1 fully saturated rings. The Bertz CT molecular complexity index is 590. The van der Waals surface area contributed by atoms with Crippen LogP contribution in [-0.2, 0) is 0 Å². The third kappa shape index (κ3) is 1.12. The van der Waals surface area contributed by atoms with Gasteiger partial charge in [-0.05, 0) is 31.4 Å². The molecule has 1 N–H and O–H groups in total. The van der Waals surface area contributed by atoms with Crippen LogP contribution in [0.1, 0.15) is 30.9 Å². The summed E-state index contributed by atoms with van der Waals surface area (Å²) in [6.07, 6.45) is 6.93. The fraction of sp³-hybridized carbons (Fsp3) is 0.333. The third-order valence-electron chi connectivity index (χ3n) is 3.34. The summed E-state index contributed by atoms with van der Waals surface area (Å²) < 4.78 is 3.13. The van der Waals surface area contributed by atoms with E-state index in [1.54, 1.807) is 12.3 Å². The quantitative estimate of drug-likeness (QED) is 0.581. The highest BCUT2D eigenvalue weighted by Gasteiger charge is 2.29. The monoisotopic (exact) mass is 214 g/mol. The molecular weight excluding hydrogens is 202 g/mol. The molecule has 2 aromatic rings. The van der Waals surface area contributed by atoms with E-state index in [9.17, 15) is 5.21 Å². The molecule has 2 heterocycles. The Hall–Kier alpha value is -2.02. The standard InChI is InChI=1S/C12H12N3O/c13-7-9-8-14(10-3-1-4-10)12-11(9)5-2-6-15(12)16/h2,5-6,8,10,16H,1,3-4H2/q+1. The second-order valence-electron chi connectivity index (χ2n) is 4.24. The molecule has 4 nitrogen and oxygen atoms in total. The van der Waals surface area contributed by atoms with Crippen LogP contribution in [0.5, 0.6) is 0 Å². The van der Waals surface area contributed by atoms with Crippen molar-refractivity contribution < 1.29 is 9.94 Å². The van der Waals surface area contributed by atoms with Gasteiger partial charge in [-0.3, -0.25) is 0 Å². The lowest BCUT2D eigenvalue weighted by atomic mass is 9.93. The third-order valence-corrected chi connectivity index (χ3v) is 3.34. The molecule has 2 aromatic heterocycles. The lowest BCUT2D eigenvalue weighted by molar-refractivity contribution is -0.886. The lowest BCUT2D eigenvalue weighted by Gasteiger charge is -2.22. The van der Waals surface area contributed by atoms with E-state index < -0.39 is 0 Å². The van der Waals surface area contributed by atoms with E-state index in [-0.39, 0.29) is 0 Å². The highest BCUT2D eigenvalue weighted by molar-refractivity contribution is 5.81. The van der Waals surface area contributed by atoms with Crippen LogP contribution in [0, 0.1) is 11.3 Å². The van der Waals surface area contributed by atoms with Crippen LogP contribution >= 0.6 is 0 Å².